The van der Waals surface area contributed by atoms with Crippen molar-refractivity contribution >= 4 is 34.3 Å². The van der Waals surface area contributed by atoms with Crippen LogP contribution in [0.4, 0.5) is 11.4 Å². The molecule has 7 heteroatoms. The molecule has 26 heavy (non-hydrogen) atoms. The fourth-order valence-corrected chi connectivity index (χ4v) is 2.89. The summed E-state index contributed by atoms with van der Waals surface area (Å²) in [4.78, 5) is 38.2. The summed E-state index contributed by atoms with van der Waals surface area (Å²) in [5, 5.41) is 5.62. The molecule has 3 N–H and O–H groups in total. The molecule has 4 rings (SSSR count). The summed E-state index contributed by atoms with van der Waals surface area (Å²) in [5.41, 5.74) is 2.48. The first kappa shape index (κ1) is 16.1. The molecule has 1 fully saturated rings. The minimum atomic E-state index is -0.545. The van der Waals surface area contributed by atoms with E-state index in [-0.39, 0.29) is 17.7 Å². The predicted octanol–water partition coefficient (Wildman–Crippen LogP) is 2.97. The normalized spacial score (nSPS) is 18.5. The smallest absolute Gasteiger partial charge is 0.408 e. The van der Waals surface area contributed by atoms with Crippen LogP contribution in [0.15, 0.2) is 51.7 Å². The van der Waals surface area contributed by atoms with Crippen molar-refractivity contribution in [3.8, 4) is 0 Å². The Morgan fingerprint density at radius 1 is 1.12 bits per heavy atom. The summed E-state index contributed by atoms with van der Waals surface area (Å²) < 4.78 is 4.93. The Labute approximate surface area is 148 Å². The van der Waals surface area contributed by atoms with Gasteiger partial charge >= 0.3 is 5.76 Å². The Morgan fingerprint density at radius 2 is 1.88 bits per heavy atom. The van der Waals surface area contributed by atoms with Crippen molar-refractivity contribution in [3.05, 3.63) is 58.6 Å². The second-order valence-electron chi connectivity index (χ2n) is 6.57. The van der Waals surface area contributed by atoms with E-state index in [2.05, 4.69) is 15.6 Å². The predicted molar refractivity (Wildman–Crippen MR) is 97.1 cm³/mol. The van der Waals surface area contributed by atoms with Crippen LogP contribution in [0.3, 0.4) is 0 Å². The van der Waals surface area contributed by atoms with Crippen LogP contribution < -0.4 is 16.4 Å². The number of fused-ring (bicyclic) bond motifs is 1. The Hall–Kier alpha value is -3.35. The third kappa shape index (κ3) is 3.23. The third-order valence-electron chi connectivity index (χ3n) is 4.52. The number of aromatic amines is 1. The monoisotopic (exact) mass is 351 g/mol. The number of anilines is 2. The summed E-state index contributed by atoms with van der Waals surface area (Å²) >= 11 is 0. The van der Waals surface area contributed by atoms with Gasteiger partial charge in [0, 0.05) is 22.9 Å². The number of nitrogens with one attached hydrogen (secondary N) is 3. The van der Waals surface area contributed by atoms with E-state index in [0.717, 1.165) is 6.42 Å². The van der Waals surface area contributed by atoms with Gasteiger partial charge in [0.1, 0.15) is 0 Å². The maximum absolute atomic E-state index is 12.5. The van der Waals surface area contributed by atoms with Crippen LogP contribution in [-0.2, 0) is 4.79 Å². The van der Waals surface area contributed by atoms with E-state index in [0.29, 0.717) is 34.0 Å². The standard InChI is InChI=1S/C19H17N3O4/c1-10-7-14(10)18(24)21-12-4-2-3-11(8-12)17(23)20-13-5-6-16-15(9-13)22-19(25)26-16/h2-6,8-10,14H,7H2,1H3,(H,20,23)(H,21,24)(H,22,25)/t10-,14+/m1/s1. The average molecular weight is 351 g/mol. The third-order valence-corrected chi connectivity index (χ3v) is 4.52. The van der Waals surface area contributed by atoms with Gasteiger partial charge in [-0.15, -0.1) is 0 Å². The first-order chi connectivity index (χ1) is 12.5. The Bertz CT molecular complexity index is 1070. The zero-order valence-corrected chi connectivity index (χ0v) is 14.0. The van der Waals surface area contributed by atoms with E-state index < -0.39 is 5.76 Å². The highest BCUT2D eigenvalue weighted by atomic mass is 16.4. The molecule has 0 unspecified atom stereocenters. The molecular weight excluding hydrogens is 334 g/mol. The Kier molecular flexibility index (Phi) is 3.84. The molecule has 0 radical (unpaired) electrons. The molecule has 0 spiro atoms. The molecule has 2 amide bonds. The number of hydrogen-bond acceptors (Lipinski definition) is 4. The molecule has 3 aromatic rings. The Morgan fingerprint density at radius 3 is 2.65 bits per heavy atom. The van der Waals surface area contributed by atoms with Gasteiger partial charge in [-0.1, -0.05) is 13.0 Å². The molecule has 1 aliphatic rings. The van der Waals surface area contributed by atoms with Crippen molar-refractivity contribution in [2.24, 2.45) is 11.8 Å². The fraction of sp³-hybridized carbons (Fsp3) is 0.211. The first-order valence-electron chi connectivity index (χ1n) is 8.35. The van der Waals surface area contributed by atoms with E-state index in [1.165, 1.54) is 0 Å². The van der Waals surface area contributed by atoms with Gasteiger partial charge in [0.05, 0.1) is 5.52 Å². The largest absolute Gasteiger partial charge is 0.417 e. The van der Waals surface area contributed by atoms with Crippen LogP contribution in [-0.4, -0.2) is 16.8 Å². The summed E-state index contributed by atoms with van der Waals surface area (Å²) in [6, 6.07) is 11.7. The summed E-state index contributed by atoms with van der Waals surface area (Å²) in [6.07, 6.45) is 0.907. The lowest BCUT2D eigenvalue weighted by molar-refractivity contribution is -0.117. The van der Waals surface area contributed by atoms with Crippen LogP contribution in [0.5, 0.6) is 0 Å². The summed E-state index contributed by atoms with van der Waals surface area (Å²) in [5.74, 6) is -0.380. The lowest BCUT2D eigenvalue weighted by Crippen LogP contribution is -2.16. The van der Waals surface area contributed by atoms with Crippen LogP contribution in [0.25, 0.3) is 11.1 Å². The SMILES string of the molecule is C[C@@H]1C[C@@H]1C(=O)Nc1cccc(C(=O)Nc2ccc3oc(=O)[nH]c3c2)c1. The van der Waals surface area contributed by atoms with Crippen LogP contribution in [0.1, 0.15) is 23.7 Å². The van der Waals surface area contributed by atoms with Gasteiger partial charge in [0.25, 0.3) is 5.91 Å². The highest BCUT2D eigenvalue weighted by Crippen LogP contribution is 2.38. The van der Waals surface area contributed by atoms with Crippen molar-refractivity contribution in [1.82, 2.24) is 4.98 Å². The number of rotatable bonds is 4. The summed E-state index contributed by atoms with van der Waals surface area (Å²) in [7, 11) is 0. The van der Waals surface area contributed by atoms with Crippen LogP contribution in [0.2, 0.25) is 0 Å². The Balaban J connectivity index is 1.49. The summed E-state index contributed by atoms with van der Waals surface area (Å²) in [6.45, 7) is 2.04. The number of carbonyl (C=O) groups excluding carboxylic acids is 2. The topological polar surface area (TPSA) is 104 Å². The van der Waals surface area contributed by atoms with Crippen molar-refractivity contribution in [2.45, 2.75) is 13.3 Å². The van der Waals surface area contributed by atoms with E-state index in [1.807, 2.05) is 6.92 Å². The van der Waals surface area contributed by atoms with Crippen LogP contribution in [0, 0.1) is 11.8 Å². The van der Waals surface area contributed by atoms with Crippen molar-refractivity contribution in [1.29, 1.82) is 0 Å². The minimum Gasteiger partial charge on any atom is -0.408 e. The van der Waals surface area contributed by atoms with Crippen molar-refractivity contribution in [3.63, 3.8) is 0 Å². The maximum Gasteiger partial charge on any atom is 0.417 e. The highest BCUT2D eigenvalue weighted by Gasteiger charge is 2.39. The second-order valence-corrected chi connectivity index (χ2v) is 6.57. The molecule has 2 aromatic carbocycles. The molecule has 2 atom stereocenters. The van der Waals surface area contributed by atoms with Crippen molar-refractivity contribution < 1.29 is 14.0 Å². The van der Waals surface area contributed by atoms with Crippen LogP contribution >= 0.6 is 0 Å². The zero-order valence-electron chi connectivity index (χ0n) is 14.0. The van der Waals surface area contributed by atoms with Crippen molar-refractivity contribution in [2.75, 3.05) is 10.6 Å². The average Bonchev–Trinajstić information content (AvgIpc) is 3.22. The number of aromatic nitrogens is 1. The molecule has 132 valence electrons. The van der Waals surface area contributed by atoms with Gasteiger partial charge in [0.15, 0.2) is 5.58 Å². The number of carbonyl (C=O) groups is 2. The van der Waals surface area contributed by atoms with Gasteiger partial charge in [0.2, 0.25) is 5.91 Å². The molecule has 0 bridgehead atoms. The van der Waals surface area contributed by atoms with Gasteiger partial charge in [-0.25, -0.2) is 4.79 Å². The van der Waals surface area contributed by atoms with Gasteiger partial charge in [-0.3, -0.25) is 14.6 Å². The molecule has 1 saturated carbocycles. The van der Waals surface area contributed by atoms with Gasteiger partial charge < -0.3 is 15.1 Å². The van der Waals surface area contributed by atoms with Gasteiger partial charge in [-0.05, 0) is 48.7 Å². The number of oxazole rings is 1. The number of amides is 2. The molecule has 1 heterocycles. The quantitative estimate of drug-likeness (QED) is 0.672. The van der Waals surface area contributed by atoms with E-state index >= 15 is 0 Å². The maximum atomic E-state index is 12.5. The van der Waals surface area contributed by atoms with E-state index in [9.17, 15) is 14.4 Å². The van der Waals surface area contributed by atoms with E-state index in [1.54, 1.807) is 42.5 Å². The lowest BCUT2D eigenvalue weighted by Gasteiger charge is -2.08. The molecule has 1 aliphatic carbocycles. The number of benzene rings is 2. The van der Waals surface area contributed by atoms with E-state index in [4.69, 9.17) is 4.42 Å². The molecular formula is C19H17N3O4. The molecule has 1 aromatic heterocycles. The molecule has 0 aliphatic heterocycles. The fourth-order valence-electron chi connectivity index (χ4n) is 2.89. The molecule has 0 saturated heterocycles. The second kappa shape index (κ2) is 6.18. The first-order valence-corrected chi connectivity index (χ1v) is 8.35. The highest BCUT2D eigenvalue weighted by molar-refractivity contribution is 6.06. The van der Waals surface area contributed by atoms with Gasteiger partial charge in [-0.2, -0.15) is 0 Å². The lowest BCUT2D eigenvalue weighted by atomic mass is 10.1. The number of H-pyrrole nitrogens is 1. The number of hydrogen-bond donors (Lipinski definition) is 3. The zero-order chi connectivity index (χ0) is 18.3. The molecule has 7 nitrogen and oxygen atoms in total. The minimum absolute atomic E-state index is 0.00979.